The molecule has 0 saturated carbocycles. The van der Waals surface area contributed by atoms with Crippen molar-refractivity contribution in [1.29, 1.82) is 0 Å². The molecule has 1 atom stereocenters. The lowest BCUT2D eigenvalue weighted by Crippen LogP contribution is -2.43. The summed E-state index contributed by atoms with van der Waals surface area (Å²) in [6, 6.07) is 0.965. The summed E-state index contributed by atoms with van der Waals surface area (Å²) in [5, 5.41) is 10.6. The van der Waals surface area contributed by atoms with E-state index in [0.717, 1.165) is 0 Å². The molecule has 1 aromatic rings. The molecule has 0 saturated heterocycles. The first-order chi connectivity index (χ1) is 12.0. The summed E-state index contributed by atoms with van der Waals surface area (Å²) < 4.78 is 58.4. The van der Waals surface area contributed by atoms with Gasteiger partial charge < -0.3 is 9.53 Å². The van der Waals surface area contributed by atoms with Gasteiger partial charge in [-0.15, -0.1) is 0 Å². The van der Waals surface area contributed by atoms with E-state index in [9.17, 15) is 22.4 Å². The summed E-state index contributed by atoms with van der Waals surface area (Å²) in [6.07, 6.45) is -7.10. The van der Waals surface area contributed by atoms with Gasteiger partial charge in [0.05, 0.1) is 16.8 Å². The molecule has 0 fully saturated rings. The molecule has 0 aromatic heterocycles. The Kier molecular flexibility index (Phi) is 6.73. The summed E-state index contributed by atoms with van der Waals surface area (Å²) in [5.74, 6) is 3.71. The SMILES string of the molecule is CC(C#Cc1cc(F)c(C(F)(F)F)cc1NC(=O)O)O[Si](C)(C)C(C)(C)C. The van der Waals surface area contributed by atoms with Crippen LogP contribution in [0.1, 0.15) is 38.8 Å². The zero-order chi connectivity index (χ0) is 21.2. The van der Waals surface area contributed by atoms with Gasteiger partial charge in [0.1, 0.15) is 11.9 Å². The number of rotatable bonds is 3. The lowest BCUT2D eigenvalue weighted by atomic mass is 10.1. The van der Waals surface area contributed by atoms with Crippen LogP contribution in [0.3, 0.4) is 0 Å². The van der Waals surface area contributed by atoms with Gasteiger partial charge in [-0.3, -0.25) is 5.32 Å². The lowest BCUT2D eigenvalue weighted by molar-refractivity contribution is -0.139. The van der Waals surface area contributed by atoms with Gasteiger partial charge in [0, 0.05) is 0 Å². The molecule has 4 nitrogen and oxygen atoms in total. The number of hydrogen-bond acceptors (Lipinski definition) is 2. The number of carboxylic acid groups (broad SMARTS) is 1. The van der Waals surface area contributed by atoms with Crippen molar-refractivity contribution < 1.29 is 31.9 Å². The van der Waals surface area contributed by atoms with Gasteiger partial charge in [-0.25, -0.2) is 9.18 Å². The van der Waals surface area contributed by atoms with Gasteiger partial charge >= 0.3 is 12.3 Å². The molecule has 9 heteroatoms. The van der Waals surface area contributed by atoms with Crippen molar-refractivity contribution in [3.63, 3.8) is 0 Å². The minimum atomic E-state index is -4.95. The van der Waals surface area contributed by atoms with E-state index in [1.165, 1.54) is 0 Å². The number of alkyl halides is 3. The van der Waals surface area contributed by atoms with Crippen molar-refractivity contribution in [2.24, 2.45) is 0 Å². The van der Waals surface area contributed by atoms with Gasteiger partial charge in [0.25, 0.3) is 0 Å². The fourth-order valence-corrected chi connectivity index (χ4v) is 3.24. The van der Waals surface area contributed by atoms with Crippen molar-refractivity contribution in [3.8, 4) is 11.8 Å². The van der Waals surface area contributed by atoms with E-state index in [-0.39, 0.29) is 10.6 Å². The standard InChI is InChI=1S/C18H23F4NO3Si/c1-11(26-27(5,6)17(2,3)4)7-8-12-9-14(19)13(18(20,21)22)10-15(12)23-16(24)25/h9-11,23H,1-6H3,(H,24,25). The fraction of sp³-hybridized carbons (Fsp3) is 0.500. The Morgan fingerprint density at radius 1 is 1.26 bits per heavy atom. The van der Waals surface area contributed by atoms with Crippen LogP contribution in [-0.4, -0.2) is 25.6 Å². The highest BCUT2D eigenvalue weighted by atomic mass is 28.4. The molecule has 0 radical (unpaired) electrons. The Labute approximate surface area is 157 Å². The topological polar surface area (TPSA) is 58.6 Å². The van der Waals surface area contributed by atoms with Gasteiger partial charge in [0.2, 0.25) is 0 Å². The van der Waals surface area contributed by atoms with Crippen LogP contribution in [0.5, 0.6) is 0 Å². The predicted molar refractivity (Wildman–Crippen MR) is 97.7 cm³/mol. The number of anilines is 1. The van der Waals surface area contributed by atoms with Crippen molar-refractivity contribution >= 4 is 20.1 Å². The zero-order valence-electron chi connectivity index (χ0n) is 16.0. The van der Waals surface area contributed by atoms with Crippen molar-refractivity contribution in [2.45, 2.75) is 58.1 Å². The number of halogens is 4. The first-order valence-electron chi connectivity index (χ1n) is 8.14. The molecule has 150 valence electrons. The summed E-state index contributed by atoms with van der Waals surface area (Å²) in [4.78, 5) is 10.8. The minimum Gasteiger partial charge on any atom is -0.465 e. The van der Waals surface area contributed by atoms with Crippen molar-refractivity contribution in [3.05, 3.63) is 29.1 Å². The monoisotopic (exact) mass is 405 g/mol. The lowest BCUT2D eigenvalue weighted by Gasteiger charge is -2.37. The van der Waals surface area contributed by atoms with Crippen molar-refractivity contribution in [2.75, 3.05) is 5.32 Å². The van der Waals surface area contributed by atoms with Crippen LogP contribution < -0.4 is 5.32 Å². The highest BCUT2D eigenvalue weighted by Gasteiger charge is 2.38. The second kappa shape index (κ2) is 7.90. The number of carbonyl (C=O) groups is 1. The minimum absolute atomic E-state index is 0.0700. The Morgan fingerprint density at radius 3 is 2.26 bits per heavy atom. The number of amides is 1. The Morgan fingerprint density at radius 2 is 1.81 bits per heavy atom. The first kappa shape index (κ1) is 23.0. The van der Waals surface area contributed by atoms with E-state index in [1.54, 1.807) is 6.92 Å². The van der Waals surface area contributed by atoms with Crippen molar-refractivity contribution in [1.82, 2.24) is 0 Å². The molecule has 1 aromatic carbocycles. The zero-order valence-corrected chi connectivity index (χ0v) is 17.0. The van der Waals surface area contributed by atoms with Crippen LogP contribution in [-0.2, 0) is 10.6 Å². The molecule has 1 rings (SSSR count). The predicted octanol–water partition coefficient (Wildman–Crippen LogP) is 5.70. The summed E-state index contributed by atoms with van der Waals surface area (Å²) in [6.45, 7) is 11.8. The molecule has 27 heavy (non-hydrogen) atoms. The van der Waals surface area contributed by atoms with Gasteiger partial charge in [-0.2, -0.15) is 13.2 Å². The number of benzene rings is 1. The largest absolute Gasteiger partial charge is 0.465 e. The number of hydrogen-bond donors (Lipinski definition) is 2. The second-order valence-corrected chi connectivity index (χ2v) is 12.4. The molecule has 0 aliphatic rings. The molecule has 0 aliphatic heterocycles. The van der Waals surface area contributed by atoms with Crippen LogP contribution in [0.15, 0.2) is 12.1 Å². The highest BCUT2D eigenvalue weighted by molar-refractivity contribution is 6.74. The van der Waals surface area contributed by atoms with Crippen LogP contribution in [0.2, 0.25) is 18.1 Å². The molecule has 0 spiro atoms. The maximum absolute atomic E-state index is 13.8. The molecule has 1 amide bonds. The molecular formula is C18H23F4NO3Si. The fourth-order valence-electron chi connectivity index (χ4n) is 1.94. The third kappa shape index (κ3) is 6.25. The van der Waals surface area contributed by atoms with Gasteiger partial charge in [-0.05, 0) is 37.2 Å². The van der Waals surface area contributed by atoms with E-state index in [4.69, 9.17) is 9.53 Å². The molecular weight excluding hydrogens is 382 g/mol. The average Bonchev–Trinajstić information content (AvgIpc) is 2.43. The summed E-state index contributed by atoms with van der Waals surface area (Å²) >= 11 is 0. The second-order valence-electron chi connectivity index (χ2n) is 7.60. The highest BCUT2D eigenvalue weighted by Crippen LogP contribution is 2.37. The smallest absolute Gasteiger partial charge is 0.419 e. The van der Waals surface area contributed by atoms with Crippen LogP contribution in [0.4, 0.5) is 28.0 Å². The van der Waals surface area contributed by atoms with E-state index >= 15 is 0 Å². The third-order valence-electron chi connectivity index (χ3n) is 4.34. The van der Waals surface area contributed by atoms with Crippen LogP contribution in [0.25, 0.3) is 0 Å². The van der Waals surface area contributed by atoms with Crippen LogP contribution in [0, 0.1) is 17.7 Å². The molecule has 1 unspecified atom stereocenters. The maximum Gasteiger partial charge on any atom is 0.419 e. The quantitative estimate of drug-likeness (QED) is 0.385. The summed E-state index contributed by atoms with van der Waals surface area (Å²) in [7, 11) is -2.13. The molecule has 0 heterocycles. The van der Waals surface area contributed by atoms with Gasteiger partial charge in [0.15, 0.2) is 8.32 Å². The Bertz CT molecular complexity index is 774. The van der Waals surface area contributed by atoms with E-state index in [2.05, 4.69) is 11.8 Å². The average molecular weight is 405 g/mol. The third-order valence-corrected chi connectivity index (χ3v) is 8.90. The van der Waals surface area contributed by atoms with E-state index in [0.29, 0.717) is 12.1 Å². The van der Waals surface area contributed by atoms with Gasteiger partial charge in [-0.1, -0.05) is 32.6 Å². The number of nitrogens with one attached hydrogen (secondary N) is 1. The molecule has 2 N–H and O–H groups in total. The van der Waals surface area contributed by atoms with Crippen LogP contribution >= 0.6 is 0 Å². The Balaban J connectivity index is 3.26. The summed E-state index contributed by atoms with van der Waals surface area (Å²) in [5.41, 5.74) is -2.21. The first-order valence-corrected chi connectivity index (χ1v) is 11.1. The van der Waals surface area contributed by atoms with E-state index in [1.807, 2.05) is 39.2 Å². The normalized spacial score (nSPS) is 13.6. The maximum atomic E-state index is 13.8. The Hall–Kier alpha value is -2.05. The van der Waals surface area contributed by atoms with E-state index < -0.39 is 43.8 Å². The molecule has 0 aliphatic carbocycles. The molecule has 0 bridgehead atoms.